The Balaban J connectivity index is 2.13. The molecule has 2 heteroatoms. The van der Waals surface area contributed by atoms with Crippen LogP contribution in [0.25, 0.3) is 0 Å². The first-order chi connectivity index (χ1) is 8.26. The molecule has 0 spiro atoms. The molecule has 0 aromatic heterocycles. The summed E-state index contributed by atoms with van der Waals surface area (Å²) in [6.07, 6.45) is 9.66. The lowest BCUT2D eigenvalue weighted by atomic mass is 9.95. The summed E-state index contributed by atoms with van der Waals surface area (Å²) in [4.78, 5) is 0. The third-order valence-corrected chi connectivity index (χ3v) is 3.98. The summed E-state index contributed by atoms with van der Waals surface area (Å²) in [7, 11) is 0. The molecule has 17 heavy (non-hydrogen) atoms. The lowest BCUT2D eigenvalue weighted by Gasteiger charge is -2.21. The topological polar surface area (TPSA) is 21.3 Å². The Morgan fingerprint density at radius 1 is 1.35 bits per heavy atom. The van der Waals surface area contributed by atoms with Crippen molar-refractivity contribution in [3.8, 4) is 0 Å². The lowest BCUT2D eigenvalue weighted by Crippen LogP contribution is -2.30. The van der Waals surface area contributed by atoms with E-state index < -0.39 is 0 Å². The van der Waals surface area contributed by atoms with E-state index in [4.69, 9.17) is 4.74 Å². The minimum atomic E-state index is 0.570. The minimum Gasteiger partial charge on any atom is -0.378 e. The Morgan fingerprint density at radius 2 is 2.18 bits per heavy atom. The molecule has 1 aliphatic heterocycles. The molecule has 1 fully saturated rings. The van der Waals surface area contributed by atoms with Crippen molar-refractivity contribution in [2.45, 2.75) is 77.9 Å². The molecule has 3 atom stereocenters. The highest BCUT2D eigenvalue weighted by atomic mass is 16.5. The van der Waals surface area contributed by atoms with Crippen LogP contribution >= 0.6 is 0 Å². The average molecular weight is 241 g/mol. The first kappa shape index (κ1) is 15.0. The molecule has 0 radical (unpaired) electrons. The first-order valence-corrected chi connectivity index (χ1v) is 7.61. The predicted octanol–water partition coefficient (Wildman–Crippen LogP) is 3.75. The number of ether oxygens (including phenoxy) is 1. The lowest BCUT2D eigenvalue weighted by molar-refractivity contribution is 0.101. The number of rotatable bonds is 9. The van der Waals surface area contributed by atoms with E-state index >= 15 is 0 Å². The van der Waals surface area contributed by atoms with Gasteiger partial charge in [0.05, 0.1) is 6.10 Å². The summed E-state index contributed by atoms with van der Waals surface area (Å²) >= 11 is 0. The standard InChI is InChI=1S/C15H31NO/c1-4-13(3)12-14(16-5-2)8-6-9-15-10-7-11-17-15/h13-16H,4-12H2,1-3H3. The second kappa shape index (κ2) is 8.93. The molecule has 3 unspecified atom stereocenters. The maximum atomic E-state index is 5.68. The number of nitrogens with one attached hydrogen (secondary N) is 1. The SMILES string of the molecule is CCNC(CCCC1CCCO1)CC(C)CC. The van der Waals surface area contributed by atoms with Gasteiger partial charge in [-0.25, -0.2) is 0 Å². The highest BCUT2D eigenvalue weighted by molar-refractivity contribution is 4.71. The van der Waals surface area contributed by atoms with Gasteiger partial charge in [-0.3, -0.25) is 0 Å². The molecular formula is C15H31NO. The second-order valence-electron chi connectivity index (χ2n) is 5.57. The molecule has 1 saturated heterocycles. The zero-order chi connectivity index (χ0) is 12.5. The van der Waals surface area contributed by atoms with Crippen LogP contribution in [0.2, 0.25) is 0 Å². The quantitative estimate of drug-likeness (QED) is 0.664. The van der Waals surface area contributed by atoms with Crippen LogP contribution < -0.4 is 5.32 Å². The maximum absolute atomic E-state index is 5.68. The van der Waals surface area contributed by atoms with Gasteiger partial charge in [0.2, 0.25) is 0 Å². The Labute approximate surface area is 108 Å². The van der Waals surface area contributed by atoms with Crippen LogP contribution in [0.5, 0.6) is 0 Å². The van der Waals surface area contributed by atoms with Crippen molar-refractivity contribution < 1.29 is 4.74 Å². The predicted molar refractivity (Wildman–Crippen MR) is 74.4 cm³/mol. The molecule has 102 valence electrons. The highest BCUT2D eigenvalue weighted by Gasteiger charge is 2.16. The van der Waals surface area contributed by atoms with E-state index in [1.807, 2.05) is 0 Å². The van der Waals surface area contributed by atoms with Gasteiger partial charge in [0.15, 0.2) is 0 Å². The molecular weight excluding hydrogens is 210 g/mol. The van der Waals surface area contributed by atoms with Gasteiger partial charge >= 0.3 is 0 Å². The summed E-state index contributed by atoms with van der Waals surface area (Å²) in [5, 5.41) is 3.63. The Morgan fingerprint density at radius 3 is 2.76 bits per heavy atom. The van der Waals surface area contributed by atoms with Crippen molar-refractivity contribution in [3.63, 3.8) is 0 Å². The fraction of sp³-hybridized carbons (Fsp3) is 1.00. The Kier molecular flexibility index (Phi) is 7.87. The molecule has 1 aliphatic rings. The largest absolute Gasteiger partial charge is 0.378 e. The van der Waals surface area contributed by atoms with Crippen LogP contribution in [0, 0.1) is 5.92 Å². The monoisotopic (exact) mass is 241 g/mol. The maximum Gasteiger partial charge on any atom is 0.0576 e. The van der Waals surface area contributed by atoms with Crippen LogP contribution in [0.1, 0.15) is 65.7 Å². The summed E-state index contributed by atoms with van der Waals surface area (Å²) in [5.41, 5.74) is 0. The fourth-order valence-electron chi connectivity index (χ4n) is 2.71. The van der Waals surface area contributed by atoms with Crippen LogP contribution in [0.3, 0.4) is 0 Å². The zero-order valence-electron chi connectivity index (χ0n) is 12.0. The normalized spacial score (nSPS) is 23.8. The molecule has 0 aliphatic carbocycles. The van der Waals surface area contributed by atoms with Crippen LogP contribution in [0.15, 0.2) is 0 Å². The summed E-state index contributed by atoms with van der Waals surface area (Å²) in [6.45, 7) is 8.96. The van der Waals surface area contributed by atoms with Gasteiger partial charge in [0.25, 0.3) is 0 Å². The van der Waals surface area contributed by atoms with E-state index in [9.17, 15) is 0 Å². The molecule has 0 bridgehead atoms. The number of hydrogen-bond acceptors (Lipinski definition) is 2. The van der Waals surface area contributed by atoms with E-state index in [0.29, 0.717) is 6.10 Å². The molecule has 2 nitrogen and oxygen atoms in total. The van der Waals surface area contributed by atoms with Gasteiger partial charge in [-0.05, 0) is 51.0 Å². The molecule has 0 aromatic carbocycles. The average Bonchev–Trinajstić information content (AvgIpc) is 2.82. The molecule has 0 amide bonds. The fourth-order valence-corrected chi connectivity index (χ4v) is 2.71. The third kappa shape index (κ3) is 6.42. The molecule has 1 rings (SSSR count). The zero-order valence-corrected chi connectivity index (χ0v) is 12.0. The third-order valence-electron chi connectivity index (χ3n) is 3.98. The van der Waals surface area contributed by atoms with Crippen LogP contribution in [-0.2, 0) is 4.74 Å². The molecule has 0 saturated carbocycles. The van der Waals surface area contributed by atoms with Gasteiger partial charge in [0.1, 0.15) is 0 Å². The minimum absolute atomic E-state index is 0.570. The molecule has 0 aromatic rings. The van der Waals surface area contributed by atoms with Gasteiger partial charge in [-0.2, -0.15) is 0 Å². The smallest absolute Gasteiger partial charge is 0.0576 e. The molecule has 1 heterocycles. The van der Waals surface area contributed by atoms with E-state index in [-0.39, 0.29) is 0 Å². The van der Waals surface area contributed by atoms with Crippen molar-refractivity contribution in [3.05, 3.63) is 0 Å². The van der Waals surface area contributed by atoms with E-state index in [1.165, 1.54) is 44.9 Å². The summed E-state index contributed by atoms with van der Waals surface area (Å²) in [6, 6.07) is 0.719. The van der Waals surface area contributed by atoms with E-state index in [0.717, 1.165) is 25.1 Å². The van der Waals surface area contributed by atoms with E-state index in [1.54, 1.807) is 0 Å². The summed E-state index contributed by atoms with van der Waals surface area (Å²) < 4.78 is 5.68. The van der Waals surface area contributed by atoms with Crippen molar-refractivity contribution >= 4 is 0 Å². The van der Waals surface area contributed by atoms with Crippen LogP contribution in [-0.4, -0.2) is 25.3 Å². The summed E-state index contributed by atoms with van der Waals surface area (Å²) in [5.74, 6) is 0.849. The van der Waals surface area contributed by atoms with Gasteiger partial charge in [0, 0.05) is 12.6 Å². The van der Waals surface area contributed by atoms with Crippen molar-refractivity contribution in [1.29, 1.82) is 0 Å². The van der Waals surface area contributed by atoms with Gasteiger partial charge < -0.3 is 10.1 Å². The van der Waals surface area contributed by atoms with E-state index in [2.05, 4.69) is 26.1 Å². The Hall–Kier alpha value is -0.0800. The van der Waals surface area contributed by atoms with Crippen molar-refractivity contribution in [2.75, 3.05) is 13.2 Å². The highest BCUT2D eigenvalue weighted by Crippen LogP contribution is 2.20. The van der Waals surface area contributed by atoms with Crippen molar-refractivity contribution in [1.82, 2.24) is 5.32 Å². The van der Waals surface area contributed by atoms with Crippen LogP contribution in [0.4, 0.5) is 0 Å². The second-order valence-corrected chi connectivity index (χ2v) is 5.57. The Bertz CT molecular complexity index is 178. The van der Waals surface area contributed by atoms with Gasteiger partial charge in [-0.15, -0.1) is 0 Å². The van der Waals surface area contributed by atoms with Crippen molar-refractivity contribution in [2.24, 2.45) is 5.92 Å². The first-order valence-electron chi connectivity index (χ1n) is 7.61. The molecule has 1 N–H and O–H groups in total. The van der Waals surface area contributed by atoms with Gasteiger partial charge in [-0.1, -0.05) is 27.2 Å². The number of hydrogen-bond donors (Lipinski definition) is 1.